The highest BCUT2D eigenvalue weighted by Crippen LogP contribution is 2.11. The van der Waals surface area contributed by atoms with E-state index in [9.17, 15) is 9.59 Å². The molecule has 1 aromatic rings. The topological polar surface area (TPSA) is 70.2 Å². The molecule has 2 amide bonds. The maximum atomic E-state index is 11.9. The molecule has 2 rings (SSSR count). The Morgan fingerprint density at radius 1 is 1.27 bits per heavy atom. The van der Waals surface area contributed by atoms with Crippen molar-refractivity contribution in [2.45, 2.75) is 25.3 Å². The van der Waals surface area contributed by atoms with Crippen molar-refractivity contribution < 1.29 is 9.59 Å². The maximum Gasteiger partial charge on any atom is 0.251 e. The minimum Gasteiger partial charge on any atom is -0.355 e. The molecule has 1 aromatic carbocycles. The lowest BCUT2D eigenvalue weighted by Gasteiger charge is -2.11. The van der Waals surface area contributed by atoms with Gasteiger partial charge in [0.05, 0.1) is 6.04 Å². The summed E-state index contributed by atoms with van der Waals surface area (Å²) in [7, 11) is 0. The number of halogens is 2. The molecular weight excluding hydrogens is 370 g/mol. The molecule has 22 heavy (non-hydrogen) atoms. The highest BCUT2D eigenvalue weighted by atomic mass is 79.9. The van der Waals surface area contributed by atoms with E-state index in [4.69, 9.17) is 0 Å². The van der Waals surface area contributed by atoms with Crippen molar-refractivity contribution >= 4 is 40.2 Å². The molecule has 5 nitrogen and oxygen atoms in total. The molecule has 1 aliphatic rings. The number of hydrogen-bond donors (Lipinski definition) is 3. The summed E-state index contributed by atoms with van der Waals surface area (Å²) in [5.74, 6) is -0.0362. The first-order valence-electron chi connectivity index (χ1n) is 7.21. The van der Waals surface area contributed by atoms with Gasteiger partial charge in [-0.1, -0.05) is 22.0 Å². The van der Waals surface area contributed by atoms with E-state index in [1.807, 2.05) is 12.1 Å². The zero-order valence-electron chi connectivity index (χ0n) is 12.2. The Balaban J connectivity index is 0.00000242. The molecule has 0 spiro atoms. The van der Waals surface area contributed by atoms with Gasteiger partial charge in [0.2, 0.25) is 5.91 Å². The number of hydrogen-bond acceptors (Lipinski definition) is 3. The van der Waals surface area contributed by atoms with Crippen molar-refractivity contribution in [3.05, 3.63) is 34.3 Å². The molecule has 1 heterocycles. The Bertz CT molecular complexity index is 507. The van der Waals surface area contributed by atoms with E-state index in [2.05, 4.69) is 31.9 Å². The van der Waals surface area contributed by atoms with Gasteiger partial charge in [-0.25, -0.2) is 0 Å². The molecule has 1 saturated heterocycles. The Labute approximate surface area is 145 Å². The predicted molar refractivity (Wildman–Crippen MR) is 92.4 cm³/mol. The quantitative estimate of drug-likeness (QED) is 0.649. The van der Waals surface area contributed by atoms with Crippen molar-refractivity contribution in [1.82, 2.24) is 16.0 Å². The summed E-state index contributed by atoms with van der Waals surface area (Å²) in [4.78, 5) is 23.6. The summed E-state index contributed by atoms with van der Waals surface area (Å²) < 4.78 is 0.881. The van der Waals surface area contributed by atoms with Gasteiger partial charge in [0.1, 0.15) is 0 Å². The lowest BCUT2D eigenvalue weighted by Crippen LogP contribution is -2.41. The van der Waals surface area contributed by atoms with Crippen LogP contribution in [-0.2, 0) is 4.79 Å². The van der Waals surface area contributed by atoms with Gasteiger partial charge in [-0.3, -0.25) is 9.59 Å². The van der Waals surface area contributed by atoms with E-state index < -0.39 is 0 Å². The minimum absolute atomic E-state index is 0. The van der Waals surface area contributed by atoms with Crippen molar-refractivity contribution in [2.24, 2.45) is 0 Å². The van der Waals surface area contributed by atoms with Crippen molar-refractivity contribution in [1.29, 1.82) is 0 Å². The second kappa shape index (κ2) is 9.82. The Hall–Kier alpha value is -1.11. The fourth-order valence-electron chi connectivity index (χ4n) is 2.27. The van der Waals surface area contributed by atoms with Gasteiger partial charge in [0.25, 0.3) is 5.91 Å². The normalized spacial score (nSPS) is 16.7. The number of nitrogens with one attached hydrogen (secondary N) is 3. The first-order valence-corrected chi connectivity index (χ1v) is 8.01. The number of rotatable bonds is 6. The van der Waals surface area contributed by atoms with Crippen LogP contribution in [0.15, 0.2) is 28.7 Å². The zero-order valence-corrected chi connectivity index (χ0v) is 14.6. The summed E-state index contributed by atoms with van der Waals surface area (Å²) in [5.41, 5.74) is 0.628. The van der Waals surface area contributed by atoms with Crippen LogP contribution in [0.5, 0.6) is 0 Å². The number of carbonyl (C=O) groups is 2. The van der Waals surface area contributed by atoms with Gasteiger partial charge >= 0.3 is 0 Å². The Morgan fingerprint density at radius 3 is 2.73 bits per heavy atom. The van der Waals surface area contributed by atoms with Crippen LogP contribution in [-0.4, -0.2) is 37.5 Å². The summed E-state index contributed by atoms with van der Waals surface area (Å²) in [6.45, 7) is 2.04. The van der Waals surface area contributed by atoms with Crippen molar-refractivity contribution in [3.8, 4) is 0 Å². The molecule has 7 heteroatoms. The van der Waals surface area contributed by atoms with E-state index in [1.165, 1.54) is 0 Å². The first-order chi connectivity index (χ1) is 10.2. The molecular formula is C15H21BrClN3O2. The van der Waals surface area contributed by atoms with E-state index in [0.717, 1.165) is 30.3 Å². The Morgan fingerprint density at radius 2 is 2.05 bits per heavy atom. The van der Waals surface area contributed by atoms with Crippen LogP contribution in [0.4, 0.5) is 0 Å². The molecule has 1 fully saturated rings. The largest absolute Gasteiger partial charge is 0.355 e. The van der Waals surface area contributed by atoms with Gasteiger partial charge in [-0.05, 0) is 44.0 Å². The summed E-state index contributed by atoms with van der Waals surface area (Å²) in [6.07, 6.45) is 2.68. The molecule has 0 aromatic heterocycles. The third-order valence-corrected chi connectivity index (χ3v) is 3.90. The standard InChI is InChI=1S/C15H20BrN3O2.ClH/c16-12-5-1-4-11(10-12)14(20)18-8-3-9-19-15(21)13-6-2-7-17-13;/h1,4-5,10,13,17H,2-3,6-9H2,(H,18,20)(H,19,21);1H. The number of benzene rings is 1. The zero-order chi connectivity index (χ0) is 15.1. The van der Waals surface area contributed by atoms with E-state index in [1.54, 1.807) is 12.1 Å². The summed E-state index contributed by atoms with van der Waals surface area (Å²) >= 11 is 3.34. The van der Waals surface area contributed by atoms with Gasteiger partial charge in [0.15, 0.2) is 0 Å². The van der Waals surface area contributed by atoms with Gasteiger partial charge in [0, 0.05) is 23.1 Å². The monoisotopic (exact) mass is 389 g/mol. The highest BCUT2D eigenvalue weighted by Gasteiger charge is 2.21. The van der Waals surface area contributed by atoms with Crippen LogP contribution >= 0.6 is 28.3 Å². The molecule has 122 valence electrons. The fourth-order valence-corrected chi connectivity index (χ4v) is 2.66. The maximum absolute atomic E-state index is 11.9. The molecule has 0 saturated carbocycles. The fraction of sp³-hybridized carbons (Fsp3) is 0.467. The van der Waals surface area contributed by atoms with Crippen LogP contribution in [0, 0.1) is 0 Å². The third-order valence-electron chi connectivity index (χ3n) is 3.40. The predicted octanol–water partition coefficient (Wildman–Crippen LogP) is 1.86. The van der Waals surface area contributed by atoms with Crippen LogP contribution in [0.2, 0.25) is 0 Å². The van der Waals surface area contributed by atoms with Crippen molar-refractivity contribution in [3.63, 3.8) is 0 Å². The highest BCUT2D eigenvalue weighted by molar-refractivity contribution is 9.10. The van der Waals surface area contributed by atoms with Gasteiger partial charge in [-0.2, -0.15) is 0 Å². The average molecular weight is 391 g/mol. The first kappa shape index (κ1) is 18.9. The van der Waals surface area contributed by atoms with Gasteiger partial charge in [-0.15, -0.1) is 12.4 Å². The molecule has 0 radical (unpaired) electrons. The van der Waals surface area contributed by atoms with Crippen LogP contribution in [0.3, 0.4) is 0 Å². The lowest BCUT2D eigenvalue weighted by molar-refractivity contribution is -0.122. The van der Waals surface area contributed by atoms with E-state index >= 15 is 0 Å². The molecule has 0 bridgehead atoms. The minimum atomic E-state index is -0.0971. The molecule has 0 aliphatic carbocycles. The number of amides is 2. The molecule has 1 aliphatic heterocycles. The van der Waals surface area contributed by atoms with Crippen LogP contribution in [0.25, 0.3) is 0 Å². The van der Waals surface area contributed by atoms with Crippen molar-refractivity contribution in [2.75, 3.05) is 19.6 Å². The SMILES string of the molecule is Cl.O=C(NCCCNC(=O)C1CCCN1)c1cccc(Br)c1. The lowest BCUT2D eigenvalue weighted by atomic mass is 10.2. The summed E-state index contributed by atoms with van der Waals surface area (Å²) in [5, 5.41) is 8.89. The van der Waals surface area contributed by atoms with Crippen LogP contribution in [0.1, 0.15) is 29.6 Å². The van der Waals surface area contributed by atoms with Gasteiger partial charge < -0.3 is 16.0 Å². The molecule has 3 N–H and O–H groups in total. The second-order valence-corrected chi connectivity index (χ2v) is 5.98. The molecule has 1 atom stereocenters. The average Bonchev–Trinajstić information content (AvgIpc) is 3.00. The van der Waals surface area contributed by atoms with E-state index in [0.29, 0.717) is 18.7 Å². The molecule has 1 unspecified atom stereocenters. The third kappa shape index (κ3) is 5.94. The summed E-state index contributed by atoms with van der Waals surface area (Å²) in [6, 6.07) is 7.22. The Kier molecular flexibility index (Phi) is 8.45. The van der Waals surface area contributed by atoms with Crippen LogP contribution < -0.4 is 16.0 Å². The number of carbonyl (C=O) groups excluding carboxylic acids is 2. The van der Waals surface area contributed by atoms with E-state index in [-0.39, 0.29) is 30.3 Å². The smallest absolute Gasteiger partial charge is 0.251 e. The second-order valence-electron chi connectivity index (χ2n) is 5.06.